The molecule has 0 atom stereocenters. The van der Waals surface area contributed by atoms with Gasteiger partial charge in [-0.15, -0.1) is 0 Å². The second-order valence-corrected chi connectivity index (χ2v) is 12.2. The average Bonchev–Trinajstić information content (AvgIpc) is 3.03. The van der Waals surface area contributed by atoms with Crippen molar-refractivity contribution in [1.29, 1.82) is 0 Å². The Morgan fingerprint density at radius 2 is 1.50 bits per heavy atom. The summed E-state index contributed by atoms with van der Waals surface area (Å²) >= 11 is 0. The van der Waals surface area contributed by atoms with E-state index in [0.29, 0.717) is 63.7 Å². The van der Waals surface area contributed by atoms with Gasteiger partial charge in [-0.2, -0.15) is 8.61 Å². The topological polar surface area (TPSA) is 114 Å². The molecule has 0 saturated carbocycles. The Morgan fingerprint density at radius 3 is 2.12 bits per heavy atom. The first-order valence-electron chi connectivity index (χ1n) is 10.8. The van der Waals surface area contributed by atoms with Gasteiger partial charge in [-0.05, 0) is 25.0 Å². The zero-order valence-electron chi connectivity index (χ0n) is 18.1. The van der Waals surface area contributed by atoms with Crippen molar-refractivity contribution in [3.05, 3.63) is 18.2 Å². The fourth-order valence-corrected chi connectivity index (χ4v) is 6.61. The van der Waals surface area contributed by atoms with Gasteiger partial charge in [0.25, 0.3) is 0 Å². The van der Waals surface area contributed by atoms with Crippen LogP contribution < -0.4 is 9.47 Å². The quantitative estimate of drug-likeness (QED) is 0.602. The number of fused-ring (bicyclic) bond motifs is 1. The van der Waals surface area contributed by atoms with Crippen LogP contribution in [0.2, 0.25) is 0 Å². The molecule has 0 N–H and O–H groups in total. The molecule has 1 aromatic carbocycles. The van der Waals surface area contributed by atoms with Crippen molar-refractivity contribution < 1.29 is 31.1 Å². The minimum atomic E-state index is -3.71. The number of piperazine rings is 1. The second kappa shape index (κ2) is 9.16. The van der Waals surface area contributed by atoms with E-state index in [2.05, 4.69) is 0 Å². The summed E-state index contributed by atoms with van der Waals surface area (Å²) in [7, 11) is -6.96. The van der Waals surface area contributed by atoms with E-state index in [0.717, 1.165) is 6.42 Å². The molecule has 3 aliphatic heterocycles. The maximum atomic E-state index is 13.1. The largest absolute Gasteiger partial charge is 0.490 e. The van der Waals surface area contributed by atoms with Crippen LogP contribution in [0.25, 0.3) is 0 Å². The monoisotopic (exact) mass is 487 g/mol. The van der Waals surface area contributed by atoms with Crippen molar-refractivity contribution in [3.63, 3.8) is 0 Å². The Morgan fingerprint density at radius 1 is 0.875 bits per heavy atom. The van der Waals surface area contributed by atoms with Gasteiger partial charge in [0.05, 0.1) is 24.4 Å². The lowest BCUT2D eigenvalue weighted by atomic mass is 9.96. The summed E-state index contributed by atoms with van der Waals surface area (Å²) < 4.78 is 63.6. The molecule has 3 heterocycles. The zero-order valence-corrected chi connectivity index (χ0v) is 19.7. The number of carbonyl (C=O) groups is 1. The number of sulfonamides is 2. The van der Waals surface area contributed by atoms with E-state index < -0.39 is 20.0 Å². The molecule has 10 nitrogen and oxygen atoms in total. The Kier molecular flexibility index (Phi) is 6.66. The van der Waals surface area contributed by atoms with Crippen LogP contribution in [0.3, 0.4) is 0 Å². The van der Waals surface area contributed by atoms with Crippen LogP contribution in [0.1, 0.15) is 19.3 Å². The summed E-state index contributed by atoms with van der Waals surface area (Å²) in [6.07, 6.45) is 2.79. The summed E-state index contributed by atoms with van der Waals surface area (Å²) in [5.41, 5.74) is 0. The van der Waals surface area contributed by atoms with Crippen molar-refractivity contribution in [2.75, 3.05) is 58.7 Å². The number of amides is 1. The van der Waals surface area contributed by atoms with Gasteiger partial charge >= 0.3 is 0 Å². The number of nitrogens with zero attached hydrogens (tertiary/aromatic N) is 3. The molecule has 178 valence electrons. The van der Waals surface area contributed by atoms with E-state index in [1.165, 1.54) is 27.0 Å². The van der Waals surface area contributed by atoms with Crippen LogP contribution in [0.15, 0.2) is 23.1 Å². The molecule has 0 aromatic heterocycles. The van der Waals surface area contributed by atoms with E-state index in [9.17, 15) is 21.6 Å². The number of benzene rings is 1. The molecule has 0 aliphatic carbocycles. The Hall–Kier alpha value is -1.89. The van der Waals surface area contributed by atoms with Crippen LogP contribution >= 0.6 is 0 Å². The van der Waals surface area contributed by atoms with Gasteiger partial charge in [-0.25, -0.2) is 16.8 Å². The molecular formula is C20H29N3O7S2. The van der Waals surface area contributed by atoms with Crippen molar-refractivity contribution in [1.82, 2.24) is 13.5 Å². The minimum Gasteiger partial charge on any atom is -0.490 e. The molecule has 2 saturated heterocycles. The fourth-order valence-electron chi connectivity index (χ4n) is 4.29. The van der Waals surface area contributed by atoms with Gasteiger partial charge in [0.1, 0.15) is 0 Å². The van der Waals surface area contributed by atoms with E-state index in [-0.39, 0.29) is 29.8 Å². The summed E-state index contributed by atoms with van der Waals surface area (Å²) in [5, 5.41) is 0. The first-order valence-corrected chi connectivity index (χ1v) is 14.1. The smallest absolute Gasteiger partial charge is 0.243 e. The molecule has 32 heavy (non-hydrogen) atoms. The second-order valence-electron chi connectivity index (χ2n) is 8.32. The van der Waals surface area contributed by atoms with Crippen LogP contribution in [0, 0.1) is 5.92 Å². The van der Waals surface area contributed by atoms with E-state index >= 15 is 0 Å². The Balaban J connectivity index is 1.36. The lowest BCUT2D eigenvalue weighted by Gasteiger charge is -2.37. The Labute approximate surface area is 189 Å². The number of piperidine rings is 1. The molecular weight excluding hydrogens is 458 g/mol. The van der Waals surface area contributed by atoms with E-state index in [1.807, 2.05) is 0 Å². The van der Waals surface area contributed by atoms with Gasteiger partial charge < -0.3 is 14.4 Å². The van der Waals surface area contributed by atoms with Gasteiger partial charge in [0, 0.05) is 57.7 Å². The van der Waals surface area contributed by atoms with Crippen molar-refractivity contribution >= 4 is 26.0 Å². The molecule has 3 aliphatic rings. The molecule has 0 bridgehead atoms. The average molecular weight is 488 g/mol. The van der Waals surface area contributed by atoms with Crippen molar-refractivity contribution in [2.45, 2.75) is 24.2 Å². The predicted octanol–water partition coefficient (Wildman–Crippen LogP) is 0.352. The molecule has 2 fully saturated rings. The first kappa shape index (κ1) is 23.3. The standard InChI is InChI=1S/C20H29N3O7S2/c1-31(25,26)22-11-9-21(10-12-22)20(24)16-5-7-23(8-6-16)32(27,28)17-3-4-18-19(15-17)30-14-2-13-29-18/h3-4,15-16H,2,5-14H2,1H3. The third kappa shape index (κ3) is 4.87. The maximum Gasteiger partial charge on any atom is 0.243 e. The summed E-state index contributed by atoms with van der Waals surface area (Å²) in [5.74, 6) is 0.699. The molecule has 12 heteroatoms. The summed E-state index contributed by atoms with van der Waals surface area (Å²) in [6.45, 7) is 2.84. The van der Waals surface area contributed by atoms with Gasteiger partial charge in [-0.1, -0.05) is 0 Å². The molecule has 1 amide bonds. The highest BCUT2D eigenvalue weighted by Crippen LogP contribution is 2.34. The summed E-state index contributed by atoms with van der Waals surface area (Å²) in [6, 6.07) is 4.66. The zero-order chi connectivity index (χ0) is 22.9. The number of rotatable bonds is 4. The normalized spacial score (nSPS) is 21.8. The van der Waals surface area contributed by atoms with Crippen LogP contribution in [0.5, 0.6) is 11.5 Å². The van der Waals surface area contributed by atoms with Crippen LogP contribution in [0.4, 0.5) is 0 Å². The van der Waals surface area contributed by atoms with Gasteiger partial charge in [0.15, 0.2) is 11.5 Å². The third-order valence-electron chi connectivity index (χ3n) is 6.18. The number of hydrogen-bond donors (Lipinski definition) is 0. The highest BCUT2D eigenvalue weighted by molar-refractivity contribution is 7.89. The van der Waals surface area contributed by atoms with E-state index in [1.54, 1.807) is 11.0 Å². The fraction of sp³-hybridized carbons (Fsp3) is 0.650. The minimum absolute atomic E-state index is 0.0224. The van der Waals surface area contributed by atoms with Gasteiger partial charge in [0.2, 0.25) is 26.0 Å². The first-order chi connectivity index (χ1) is 15.2. The Bertz CT molecular complexity index is 1060. The molecule has 0 spiro atoms. The highest BCUT2D eigenvalue weighted by Gasteiger charge is 2.35. The number of carbonyl (C=O) groups excluding carboxylic acids is 1. The van der Waals surface area contributed by atoms with Crippen LogP contribution in [-0.4, -0.2) is 95.0 Å². The van der Waals surface area contributed by atoms with Crippen molar-refractivity contribution in [2.24, 2.45) is 5.92 Å². The molecule has 0 unspecified atom stereocenters. The lowest BCUT2D eigenvalue weighted by Crippen LogP contribution is -2.52. The molecule has 1 aromatic rings. The summed E-state index contributed by atoms with van der Waals surface area (Å²) in [4.78, 5) is 14.7. The molecule has 0 radical (unpaired) electrons. The number of hydrogen-bond acceptors (Lipinski definition) is 7. The van der Waals surface area contributed by atoms with Crippen LogP contribution in [-0.2, 0) is 24.8 Å². The van der Waals surface area contributed by atoms with Gasteiger partial charge in [-0.3, -0.25) is 4.79 Å². The lowest BCUT2D eigenvalue weighted by molar-refractivity contribution is -0.137. The molecule has 4 rings (SSSR count). The predicted molar refractivity (Wildman–Crippen MR) is 117 cm³/mol. The van der Waals surface area contributed by atoms with Crippen molar-refractivity contribution in [3.8, 4) is 11.5 Å². The highest BCUT2D eigenvalue weighted by atomic mass is 32.2. The maximum absolute atomic E-state index is 13.1. The number of ether oxygens (including phenoxy) is 2. The van der Waals surface area contributed by atoms with E-state index in [4.69, 9.17) is 9.47 Å². The SMILES string of the molecule is CS(=O)(=O)N1CCN(C(=O)C2CCN(S(=O)(=O)c3ccc4c(c3)OCCCO4)CC2)CC1. The third-order valence-corrected chi connectivity index (χ3v) is 9.38.